The molecule has 2 heterocycles. The molecular weight excluding hydrogens is 446 g/mol. The van der Waals surface area contributed by atoms with Crippen LogP contribution in [-0.4, -0.2) is 51.1 Å². The average molecular weight is 480 g/mol. The molecule has 1 aliphatic heterocycles. The van der Waals surface area contributed by atoms with E-state index >= 15 is 0 Å². The standard InChI is InChI=1S/C28H33NO6/c1-17-25(32-4)13-19(14-26(17)33-5)12-22(30)16-21-15-20-6-7-24(18(2)27(20)35-28(21)31)34-23-8-10-29(3)11-9-23/h6-7,13-15,23H,8-12,16H2,1-5H3. The molecule has 0 bridgehead atoms. The van der Waals surface area contributed by atoms with Gasteiger partial charge in [0.1, 0.15) is 34.7 Å². The lowest BCUT2D eigenvalue weighted by molar-refractivity contribution is -0.117. The van der Waals surface area contributed by atoms with Gasteiger partial charge in [-0.25, -0.2) is 4.79 Å². The van der Waals surface area contributed by atoms with Gasteiger partial charge in [-0.3, -0.25) is 4.79 Å². The first-order valence-corrected chi connectivity index (χ1v) is 11.9. The van der Waals surface area contributed by atoms with Crippen molar-refractivity contribution in [3.05, 3.63) is 63.0 Å². The fraction of sp³-hybridized carbons (Fsp3) is 0.429. The predicted octanol–water partition coefficient (Wildman–Crippen LogP) is 4.25. The van der Waals surface area contributed by atoms with Gasteiger partial charge in [-0.1, -0.05) is 0 Å². The molecule has 0 saturated carbocycles. The summed E-state index contributed by atoms with van der Waals surface area (Å²) in [5.74, 6) is 1.96. The van der Waals surface area contributed by atoms with Crippen molar-refractivity contribution in [1.82, 2.24) is 4.90 Å². The summed E-state index contributed by atoms with van der Waals surface area (Å²) < 4.78 is 22.7. The van der Waals surface area contributed by atoms with Crippen LogP contribution in [0, 0.1) is 13.8 Å². The molecule has 4 rings (SSSR count). The maximum atomic E-state index is 12.8. The number of likely N-dealkylation sites (tertiary alicyclic amines) is 1. The number of benzene rings is 2. The quantitative estimate of drug-likeness (QED) is 0.447. The van der Waals surface area contributed by atoms with Gasteiger partial charge in [0.05, 0.1) is 14.2 Å². The van der Waals surface area contributed by atoms with Crippen molar-refractivity contribution in [2.45, 2.75) is 45.6 Å². The fourth-order valence-corrected chi connectivity index (χ4v) is 4.63. The highest BCUT2D eigenvalue weighted by molar-refractivity contribution is 5.86. The number of piperidine rings is 1. The number of Topliss-reactive ketones (excluding diaryl/α,β-unsaturated/α-hetero) is 1. The highest BCUT2D eigenvalue weighted by Gasteiger charge is 2.20. The van der Waals surface area contributed by atoms with Crippen molar-refractivity contribution in [3.8, 4) is 17.2 Å². The molecular formula is C28H33NO6. The van der Waals surface area contributed by atoms with E-state index in [4.69, 9.17) is 18.6 Å². The van der Waals surface area contributed by atoms with Gasteiger partial charge in [0, 0.05) is 48.0 Å². The molecule has 1 aromatic heterocycles. The van der Waals surface area contributed by atoms with Crippen LogP contribution in [0.2, 0.25) is 0 Å². The van der Waals surface area contributed by atoms with Gasteiger partial charge < -0.3 is 23.5 Å². The summed E-state index contributed by atoms with van der Waals surface area (Å²) in [5.41, 5.74) is 2.79. The summed E-state index contributed by atoms with van der Waals surface area (Å²) in [6.45, 7) is 5.81. The largest absolute Gasteiger partial charge is 0.496 e. The van der Waals surface area contributed by atoms with E-state index in [0.29, 0.717) is 22.6 Å². The third-order valence-electron chi connectivity index (χ3n) is 6.73. The number of carbonyl (C=O) groups is 1. The zero-order valence-electron chi connectivity index (χ0n) is 21.1. The minimum Gasteiger partial charge on any atom is -0.496 e. The number of hydrogen-bond donors (Lipinski definition) is 0. The number of ether oxygens (including phenoxy) is 3. The number of nitrogens with zero attached hydrogens (tertiary/aromatic N) is 1. The zero-order valence-corrected chi connectivity index (χ0v) is 21.1. The Balaban J connectivity index is 1.52. The van der Waals surface area contributed by atoms with Crippen LogP contribution < -0.4 is 19.8 Å². The van der Waals surface area contributed by atoms with E-state index in [1.165, 1.54) is 0 Å². The summed E-state index contributed by atoms with van der Waals surface area (Å²) in [4.78, 5) is 27.9. The molecule has 7 nitrogen and oxygen atoms in total. The predicted molar refractivity (Wildman–Crippen MR) is 135 cm³/mol. The van der Waals surface area contributed by atoms with Crippen LogP contribution in [-0.2, 0) is 17.6 Å². The minimum atomic E-state index is -0.496. The maximum Gasteiger partial charge on any atom is 0.339 e. The average Bonchev–Trinajstić information content (AvgIpc) is 2.84. The molecule has 0 unspecified atom stereocenters. The lowest BCUT2D eigenvalue weighted by Crippen LogP contribution is -2.35. The van der Waals surface area contributed by atoms with Crippen LogP contribution in [0.3, 0.4) is 0 Å². The first-order valence-electron chi connectivity index (χ1n) is 11.9. The number of carbonyl (C=O) groups excluding carboxylic acids is 1. The zero-order chi connectivity index (χ0) is 25.1. The second-order valence-electron chi connectivity index (χ2n) is 9.30. The van der Waals surface area contributed by atoms with Crippen LogP contribution in [0.25, 0.3) is 11.0 Å². The number of hydrogen-bond acceptors (Lipinski definition) is 7. The molecule has 0 spiro atoms. The number of ketones is 1. The molecule has 0 amide bonds. The monoisotopic (exact) mass is 479 g/mol. The summed E-state index contributed by atoms with van der Waals surface area (Å²) in [7, 11) is 5.28. The van der Waals surface area contributed by atoms with Crippen molar-refractivity contribution < 1.29 is 23.4 Å². The summed E-state index contributed by atoms with van der Waals surface area (Å²) >= 11 is 0. The van der Waals surface area contributed by atoms with Crippen molar-refractivity contribution in [3.63, 3.8) is 0 Å². The second-order valence-corrected chi connectivity index (χ2v) is 9.30. The van der Waals surface area contributed by atoms with Crippen molar-refractivity contribution in [2.75, 3.05) is 34.4 Å². The number of fused-ring (bicyclic) bond motifs is 1. The highest BCUT2D eigenvalue weighted by Crippen LogP contribution is 2.31. The Labute approximate surface area is 205 Å². The van der Waals surface area contributed by atoms with E-state index in [-0.39, 0.29) is 24.7 Å². The van der Waals surface area contributed by atoms with E-state index < -0.39 is 5.63 Å². The molecule has 186 valence electrons. The molecule has 1 saturated heterocycles. The molecule has 0 atom stereocenters. The molecule has 2 aromatic carbocycles. The van der Waals surface area contributed by atoms with E-state index in [1.54, 1.807) is 20.3 Å². The fourth-order valence-electron chi connectivity index (χ4n) is 4.63. The topological polar surface area (TPSA) is 78.2 Å². The number of methoxy groups -OCH3 is 2. The molecule has 7 heteroatoms. The summed E-state index contributed by atoms with van der Waals surface area (Å²) in [6.07, 6.45) is 2.25. The Morgan fingerprint density at radius 2 is 1.63 bits per heavy atom. The third kappa shape index (κ3) is 5.51. The van der Waals surface area contributed by atoms with Gasteiger partial charge in [-0.15, -0.1) is 0 Å². The molecule has 3 aromatic rings. The highest BCUT2D eigenvalue weighted by atomic mass is 16.5. The van der Waals surface area contributed by atoms with Gasteiger partial charge in [0.2, 0.25) is 0 Å². The van der Waals surface area contributed by atoms with Crippen LogP contribution in [0.4, 0.5) is 0 Å². The Hall–Kier alpha value is -3.32. The van der Waals surface area contributed by atoms with E-state index in [0.717, 1.165) is 53.8 Å². The van der Waals surface area contributed by atoms with Crippen LogP contribution in [0.5, 0.6) is 17.2 Å². The van der Waals surface area contributed by atoms with Crippen LogP contribution >= 0.6 is 0 Å². The molecule has 1 fully saturated rings. The Morgan fingerprint density at radius 3 is 2.26 bits per heavy atom. The van der Waals surface area contributed by atoms with Crippen LogP contribution in [0.15, 0.2) is 39.5 Å². The Morgan fingerprint density at radius 1 is 0.971 bits per heavy atom. The van der Waals surface area contributed by atoms with E-state index in [2.05, 4.69) is 11.9 Å². The number of rotatable bonds is 8. The Kier molecular flexibility index (Phi) is 7.45. The van der Waals surface area contributed by atoms with Gasteiger partial charge in [0.25, 0.3) is 0 Å². The number of aryl methyl sites for hydroxylation is 1. The van der Waals surface area contributed by atoms with Crippen molar-refractivity contribution >= 4 is 16.8 Å². The van der Waals surface area contributed by atoms with Gasteiger partial charge in [0.15, 0.2) is 0 Å². The van der Waals surface area contributed by atoms with Crippen molar-refractivity contribution in [1.29, 1.82) is 0 Å². The summed E-state index contributed by atoms with van der Waals surface area (Å²) in [5, 5.41) is 0.777. The molecule has 0 radical (unpaired) electrons. The smallest absolute Gasteiger partial charge is 0.339 e. The molecule has 35 heavy (non-hydrogen) atoms. The van der Waals surface area contributed by atoms with Gasteiger partial charge in [-0.05, 0) is 69.6 Å². The van der Waals surface area contributed by atoms with Gasteiger partial charge in [-0.2, -0.15) is 0 Å². The van der Waals surface area contributed by atoms with Gasteiger partial charge >= 0.3 is 5.63 Å². The second kappa shape index (κ2) is 10.5. The first kappa shape index (κ1) is 24.8. The van der Waals surface area contributed by atoms with E-state index in [9.17, 15) is 9.59 Å². The molecule has 0 N–H and O–H groups in total. The van der Waals surface area contributed by atoms with E-state index in [1.807, 2.05) is 38.1 Å². The Bertz CT molecular complexity index is 1260. The first-order chi connectivity index (χ1) is 16.8. The summed E-state index contributed by atoms with van der Waals surface area (Å²) in [6, 6.07) is 9.22. The maximum absolute atomic E-state index is 12.8. The minimum absolute atomic E-state index is 0.0102. The lowest BCUT2D eigenvalue weighted by atomic mass is 10.0. The SMILES string of the molecule is COc1cc(CC(=O)Cc2cc3ccc(OC4CCN(C)CC4)c(C)c3oc2=O)cc(OC)c1C. The molecule has 1 aliphatic rings. The molecule has 0 aliphatic carbocycles. The van der Waals surface area contributed by atoms with Crippen molar-refractivity contribution in [2.24, 2.45) is 0 Å². The van der Waals surface area contributed by atoms with Crippen LogP contribution in [0.1, 0.15) is 35.1 Å². The lowest BCUT2D eigenvalue weighted by Gasteiger charge is -2.29. The third-order valence-corrected chi connectivity index (χ3v) is 6.73. The normalized spacial score (nSPS) is 14.8.